The Hall–Kier alpha value is -2.54. The van der Waals surface area contributed by atoms with Crippen LogP contribution in [0.2, 0.25) is 5.02 Å². The van der Waals surface area contributed by atoms with E-state index >= 15 is 0 Å². The van der Waals surface area contributed by atoms with Crippen molar-refractivity contribution in [2.24, 2.45) is 0 Å². The summed E-state index contributed by atoms with van der Waals surface area (Å²) >= 11 is 6.05. The number of halogens is 1. The van der Waals surface area contributed by atoms with Gasteiger partial charge in [-0.1, -0.05) is 23.7 Å². The van der Waals surface area contributed by atoms with E-state index in [0.29, 0.717) is 29.5 Å². The summed E-state index contributed by atoms with van der Waals surface area (Å²) in [5, 5.41) is 10.5. The lowest BCUT2D eigenvalue weighted by molar-refractivity contribution is 0.0461. The van der Waals surface area contributed by atoms with E-state index in [2.05, 4.69) is 15.5 Å². The van der Waals surface area contributed by atoms with Gasteiger partial charge in [0.25, 0.3) is 5.91 Å². The molecule has 2 aromatic rings. The Balaban J connectivity index is 1.67. The fraction of sp³-hybridized carbons (Fsp3) is 0.476. The normalized spacial score (nSPS) is 17.1. The second kappa shape index (κ2) is 8.86. The van der Waals surface area contributed by atoms with E-state index in [1.807, 2.05) is 32.9 Å². The first-order valence-corrected chi connectivity index (χ1v) is 10.2. The lowest BCUT2D eigenvalue weighted by Gasteiger charge is -2.35. The summed E-state index contributed by atoms with van der Waals surface area (Å²) in [4.78, 5) is 26.9. The number of carbonyl (C=O) groups is 2. The third kappa shape index (κ3) is 5.73. The molecular formula is C21H27ClN4O3. The fourth-order valence-electron chi connectivity index (χ4n) is 3.38. The Kier molecular flexibility index (Phi) is 6.47. The van der Waals surface area contributed by atoms with Gasteiger partial charge in [0.2, 0.25) is 0 Å². The number of rotatable bonds is 4. The van der Waals surface area contributed by atoms with Crippen LogP contribution >= 0.6 is 11.6 Å². The molecule has 1 aromatic heterocycles. The van der Waals surface area contributed by atoms with Gasteiger partial charge in [0.05, 0.1) is 5.69 Å². The third-order valence-corrected chi connectivity index (χ3v) is 4.93. The number of alkyl carbamates (subject to hydrolysis) is 1. The van der Waals surface area contributed by atoms with Crippen LogP contribution in [0.4, 0.5) is 4.79 Å². The SMILES string of the molecule is CC(C)(C)OC(=O)NCC1CCCCN1C(=O)c1cc(-c2cccc(Cl)c2)n[nH]1. The van der Waals surface area contributed by atoms with E-state index < -0.39 is 11.7 Å². The molecular weight excluding hydrogens is 392 g/mol. The minimum absolute atomic E-state index is 0.0818. The molecule has 0 aliphatic carbocycles. The van der Waals surface area contributed by atoms with E-state index in [9.17, 15) is 9.59 Å². The number of aromatic amines is 1. The van der Waals surface area contributed by atoms with E-state index in [1.54, 1.807) is 23.1 Å². The van der Waals surface area contributed by atoms with Crippen LogP contribution in [-0.2, 0) is 4.74 Å². The molecule has 1 aromatic carbocycles. The Morgan fingerprint density at radius 2 is 2.10 bits per heavy atom. The van der Waals surface area contributed by atoms with Crippen LogP contribution in [0, 0.1) is 0 Å². The van der Waals surface area contributed by atoms with Gasteiger partial charge in [-0.05, 0) is 58.2 Å². The minimum atomic E-state index is -0.557. The lowest BCUT2D eigenvalue weighted by Crippen LogP contribution is -2.50. The Labute approximate surface area is 175 Å². The largest absolute Gasteiger partial charge is 0.444 e. The number of benzene rings is 1. The Bertz CT molecular complexity index is 875. The van der Waals surface area contributed by atoms with Crippen molar-refractivity contribution in [1.29, 1.82) is 0 Å². The van der Waals surface area contributed by atoms with E-state index in [0.717, 1.165) is 24.8 Å². The maximum absolute atomic E-state index is 13.1. The summed E-state index contributed by atoms with van der Waals surface area (Å²) in [6, 6.07) is 8.99. The quantitative estimate of drug-likeness (QED) is 0.776. The van der Waals surface area contributed by atoms with Crippen LogP contribution in [0.5, 0.6) is 0 Å². The molecule has 0 bridgehead atoms. The molecule has 0 spiro atoms. The van der Waals surface area contributed by atoms with Crippen molar-refractivity contribution in [1.82, 2.24) is 20.4 Å². The van der Waals surface area contributed by atoms with Crippen LogP contribution in [-0.4, -0.2) is 51.8 Å². The third-order valence-electron chi connectivity index (χ3n) is 4.70. The van der Waals surface area contributed by atoms with Gasteiger partial charge < -0.3 is 15.0 Å². The zero-order chi connectivity index (χ0) is 21.0. The smallest absolute Gasteiger partial charge is 0.407 e. The van der Waals surface area contributed by atoms with Crippen molar-refractivity contribution in [2.75, 3.05) is 13.1 Å². The average Bonchev–Trinajstić information content (AvgIpc) is 3.15. The molecule has 3 rings (SSSR count). The highest BCUT2D eigenvalue weighted by Crippen LogP contribution is 2.24. The van der Waals surface area contributed by atoms with Crippen LogP contribution in [0.15, 0.2) is 30.3 Å². The van der Waals surface area contributed by atoms with Gasteiger partial charge in [-0.3, -0.25) is 9.89 Å². The van der Waals surface area contributed by atoms with Gasteiger partial charge in [0.1, 0.15) is 11.3 Å². The maximum Gasteiger partial charge on any atom is 0.407 e. The highest BCUT2D eigenvalue weighted by Gasteiger charge is 2.29. The molecule has 1 unspecified atom stereocenters. The minimum Gasteiger partial charge on any atom is -0.444 e. The number of ether oxygens (including phenoxy) is 1. The van der Waals surface area contributed by atoms with Gasteiger partial charge in [0.15, 0.2) is 0 Å². The number of piperidine rings is 1. The topological polar surface area (TPSA) is 87.3 Å². The zero-order valence-electron chi connectivity index (χ0n) is 17.0. The van der Waals surface area contributed by atoms with Gasteiger partial charge >= 0.3 is 6.09 Å². The zero-order valence-corrected chi connectivity index (χ0v) is 17.8. The molecule has 156 valence electrons. The predicted molar refractivity (Wildman–Crippen MR) is 112 cm³/mol. The van der Waals surface area contributed by atoms with E-state index in [4.69, 9.17) is 16.3 Å². The highest BCUT2D eigenvalue weighted by atomic mass is 35.5. The van der Waals surface area contributed by atoms with E-state index in [-0.39, 0.29) is 11.9 Å². The van der Waals surface area contributed by atoms with Crippen LogP contribution in [0.3, 0.4) is 0 Å². The number of likely N-dealkylation sites (tertiary alicyclic amines) is 1. The summed E-state index contributed by atoms with van der Waals surface area (Å²) in [5.41, 5.74) is 1.37. The molecule has 1 atom stereocenters. The highest BCUT2D eigenvalue weighted by molar-refractivity contribution is 6.30. The van der Waals surface area contributed by atoms with Gasteiger partial charge in [-0.2, -0.15) is 5.10 Å². The van der Waals surface area contributed by atoms with Crippen LogP contribution < -0.4 is 5.32 Å². The van der Waals surface area contributed by atoms with Crippen LogP contribution in [0.1, 0.15) is 50.5 Å². The number of H-pyrrole nitrogens is 1. The number of hydrogen-bond donors (Lipinski definition) is 2. The van der Waals surface area contributed by atoms with Crippen molar-refractivity contribution in [3.05, 3.63) is 41.0 Å². The van der Waals surface area contributed by atoms with Crippen molar-refractivity contribution in [3.63, 3.8) is 0 Å². The fourth-order valence-corrected chi connectivity index (χ4v) is 3.57. The number of amides is 2. The molecule has 2 N–H and O–H groups in total. The van der Waals surface area contributed by atoms with Crippen molar-refractivity contribution in [3.8, 4) is 11.3 Å². The monoisotopic (exact) mass is 418 g/mol. The molecule has 2 heterocycles. The van der Waals surface area contributed by atoms with Crippen molar-refractivity contribution >= 4 is 23.6 Å². The standard InChI is InChI=1S/C21H27ClN4O3/c1-21(2,3)29-20(28)23-13-16-9-4-5-10-26(16)19(27)18-12-17(24-25-18)14-7-6-8-15(22)11-14/h6-8,11-12,16H,4-5,9-10,13H2,1-3H3,(H,23,28)(H,24,25). The lowest BCUT2D eigenvalue weighted by atomic mass is 10.0. The first kappa shape index (κ1) is 21.2. The second-order valence-electron chi connectivity index (χ2n) is 8.21. The first-order chi connectivity index (χ1) is 13.7. The van der Waals surface area contributed by atoms with Crippen molar-refractivity contribution in [2.45, 2.75) is 51.7 Å². The number of hydrogen-bond acceptors (Lipinski definition) is 4. The van der Waals surface area contributed by atoms with Crippen LogP contribution in [0.25, 0.3) is 11.3 Å². The Morgan fingerprint density at radius 1 is 1.31 bits per heavy atom. The molecule has 0 saturated carbocycles. The molecule has 7 nitrogen and oxygen atoms in total. The first-order valence-electron chi connectivity index (χ1n) is 9.82. The van der Waals surface area contributed by atoms with Crippen molar-refractivity contribution < 1.29 is 14.3 Å². The maximum atomic E-state index is 13.1. The van der Waals surface area contributed by atoms with E-state index in [1.165, 1.54) is 0 Å². The summed E-state index contributed by atoms with van der Waals surface area (Å²) in [6.07, 6.45) is 2.31. The summed E-state index contributed by atoms with van der Waals surface area (Å²) in [6.45, 7) is 6.46. The molecule has 1 saturated heterocycles. The Morgan fingerprint density at radius 3 is 2.83 bits per heavy atom. The van der Waals surface area contributed by atoms with Gasteiger partial charge in [-0.15, -0.1) is 0 Å². The number of nitrogens with one attached hydrogen (secondary N) is 2. The molecule has 1 aliphatic rings. The number of carbonyl (C=O) groups excluding carboxylic acids is 2. The molecule has 1 aliphatic heterocycles. The summed E-state index contributed by atoms with van der Waals surface area (Å²) in [7, 11) is 0. The molecule has 0 radical (unpaired) electrons. The molecule has 1 fully saturated rings. The molecule has 29 heavy (non-hydrogen) atoms. The molecule has 2 amide bonds. The molecule has 8 heteroatoms. The summed E-state index contributed by atoms with van der Waals surface area (Å²) in [5.74, 6) is -0.124. The average molecular weight is 419 g/mol. The predicted octanol–water partition coefficient (Wildman–Crippen LogP) is 4.25. The number of aromatic nitrogens is 2. The second-order valence-corrected chi connectivity index (χ2v) is 8.64. The van der Waals surface area contributed by atoms with Gasteiger partial charge in [-0.25, -0.2) is 4.79 Å². The number of nitrogens with zero attached hydrogens (tertiary/aromatic N) is 2. The van der Waals surface area contributed by atoms with Gasteiger partial charge in [0, 0.05) is 29.7 Å². The summed E-state index contributed by atoms with van der Waals surface area (Å²) < 4.78 is 5.29.